The van der Waals surface area contributed by atoms with E-state index in [9.17, 15) is 13.2 Å². The first-order valence-electron chi connectivity index (χ1n) is 9.47. The molecule has 7 heteroatoms. The minimum atomic E-state index is -3.86. The predicted molar refractivity (Wildman–Crippen MR) is 109 cm³/mol. The van der Waals surface area contributed by atoms with Crippen molar-refractivity contribution in [1.82, 2.24) is 5.32 Å². The zero-order valence-electron chi connectivity index (χ0n) is 16.1. The highest BCUT2D eigenvalue weighted by atomic mass is 32.2. The fraction of sp³-hybridized carbons (Fsp3) is 0.381. The van der Waals surface area contributed by atoms with Crippen LogP contribution in [-0.2, 0) is 10.0 Å². The molecule has 1 aliphatic carbocycles. The monoisotopic (exact) mass is 402 g/mol. The van der Waals surface area contributed by atoms with Crippen LogP contribution in [0.1, 0.15) is 43.0 Å². The van der Waals surface area contributed by atoms with Crippen LogP contribution in [0.4, 0.5) is 5.69 Å². The smallest absolute Gasteiger partial charge is 0.262 e. The Kier molecular flexibility index (Phi) is 6.24. The average Bonchev–Trinajstić information content (AvgIpc) is 2.70. The molecule has 1 amide bonds. The highest BCUT2D eigenvalue weighted by Crippen LogP contribution is 2.27. The first-order valence-corrected chi connectivity index (χ1v) is 11.0. The van der Waals surface area contributed by atoms with E-state index in [0.717, 1.165) is 19.3 Å². The SMILES string of the molecule is COc1ccccc1NS(=O)(=O)c1cccc(C(=O)N[C@H]2CCCC[C@H]2C)c1. The molecule has 0 unspecified atom stereocenters. The maximum Gasteiger partial charge on any atom is 0.262 e. The molecule has 1 aliphatic rings. The summed E-state index contributed by atoms with van der Waals surface area (Å²) in [5, 5.41) is 3.06. The highest BCUT2D eigenvalue weighted by Gasteiger charge is 2.24. The van der Waals surface area contributed by atoms with E-state index >= 15 is 0 Å². The molecule has 1 saturated carbocycles. The summed E-state index contributed by atoms with van der Waals surface area (Å²) in [5.41, 5.74) is 0.677. The van der Waals surface area contributed by atoms with Crippen molar-refractivity contribution in [2.24, 2.45) is 5.92 Å². The van der Waals surface area contributed by atoms with Crippen molar-refractivity contribution in [1.29, 1.82) is 0 Å². The van der Waals surface area contributed by atoms with Gasteiger partial charge in [-0.2, -0.15) is 0 Å². The van der Waals surface area contributed by atoms with Crippen LogP contribution >= 0.6 is 0 Å². The number of para-hydroxylation sites is 2. The Morgan fingerprint density at radius 3 is 2.57 bits per heavy atom. The number of hydrogen-bond acceptors (Lipinski definition) is 4. The van der Waals surface area contributed by atoms with Crippen molar-refractivity contribution in [3.63, 3.8) is 0 Å². The lowest BCUT2D eigenvalue weighted by molar-refractivity contribution is 0.0910. The topological polar surface area (TPSA) is 84.5 Å². The molecule has 1 fully saturated rings. The van der Waals surface area contributed by atoms with Crippen molar-refractivity contribution in [2.75, 3.05) is 11.8 Å². The Bertz CT molecular complexity index is 943. The second-order valence-corrected chi connectivity index (χ2v) is 8.86. The molecular weight excluding hydrogens is 376 g/mol. The number of amides is 1. The van der Waals surface area contributed by atoms with Gasteiger partial charge in [-0.15, -0.1) is 0 Å². The van der Waals surface area contributed by atoms with Gasteiger partial charge in [-0.05, 0) is 49.1 Å². The average molecular weight is 403 g/mol. The van der Waals surface area contributed by atoms with Crippen molar-refractivity contribution in [2.45, 2.75) is 43.5 Å². The molecule has 3 rings (SSSR count). The summed E-state index contributed by atoms with van der Waals surface area (Å²) in [4.78, 5) is 12.7. The number of sulfonamides is 1. The predicted octanol–water partition coefficient (Wildman–Crippen LogP) is 3.80. The standard InChI is InChI=1S/C21H26N2O4S/c1-15-8-3-4-11-18(15)22-21(24)16-9-7-10-17(14-16)28(25,26)23-19-12-5-6-13-20(19)27-2/h5-7,9-10,12-15,18,23H,3-4,8,11H2,1-2H3,(H,22,24)/t15-,18+/m1/s1. The largest absolute Gasteiger partial charge is 0.495 e. The number of carbonyl (C=O) groups is 1. The molecule has 2 aromatic rings. The first kappa shape index (κ1) is 20.2. The third kappa shape index (κ3) is 4.65. The summed E-state index contributed by atoms with van der Waals surface area (Å²) in [5.74, 6) is 0.608. The lowest BCUT2D eigenvalue weighted by atomic mass is 9.86. The van der Waals surface area contributed by atoms with Crippen LogP contribution in [0.2, 0.25) is 0 Å². The van der Waals surface area contributed by atoms with Gasteiger partial charge in [0.1, 0.15) is 5.75 Å². The first-order chi connectivity index (χ1) is 13.4. The minimum absolute atomic E-state index is 0.0303. The maximum atomic E-state index is 12.8. The Labute approximate surface area is 166 Å². The molecule has 28 heavy (non-hydrogen) atoms. The lowest BCUT2D eigenvalue weighted by Gasteiger charge is -2.29. The Morgan fingerprint density at radius 1 is 1.07 bits per heavy atom. The fourth-order valence-electron chi connectivity index (χ4n) is 3.52. The van der Waals surface area contributed by atoms with Gasteiger partial charge in [-0.3, -0.25) is 9.52 Å². The lowest BCUT2D eigenvalue weighted by Crippen LogP contribution is -2.41. The highest BCUT2D eigenvalue weighted by molar-refractivity contribution is 7.92. The van der Waals surface area contributed by atoms with Crippen molar-refractivity contribution < 1.29 is 17.9 Å². The Morgan fingerprint density at radius 2 is 1.82 bits per heavy atom. The number of rotatable bonds is 6. The van der Waals surface area contributed by atoms with Gasteiger partial charge in [0.05, 0.1) is 17.7 Å². The molecule has 0 saturated heterocycles. The van der Waals surface area contributed by atoms with Gasteiger partial charge in [-0.25, -0.2) is 8.42 Å². The van der Waals surface area contributed by atoms with E-state index in [1.54, 1.807) is 36.4 Å². The Balaban J connectivity index is 1.78. The van der Waals surface area contributed by atoms with Gasteiger partial charge < -0.3 is 10.1 Å². The number of methoxy groups -OCH3 is 1. The fourth-order valence-corrected chi connectivity index (χ4v) is 4.64. The number of anilines is 1. The number of hydrogen-bond donors (Lipinski definition) is 2. The minimum Gasteiger partial charge on any atom is -0.495 e. The molecule has 2 N–H and O–H groups in total. The zero-order chi connectivity index (χ0) is 20.1. The molecule has 0 aromatic heterocycles. The van der Waals surface area contributed by atoms with Crippen LogP contribution in [0, 0.1) is 5.92 Å². The van der Waals surface area contributed by atoms with E-state index in [1.807, 2.05) is 0 Å². The van der Waals surface area contributed by atoms with E-state index in [1.165, 1.54) is 25.7 Å². The summed E-state index contributed by atoms with van der Waals surface area (Å²) < 4.78 is 33.3. The van der Waals surface area contributed by atoms with Gasteiger partial charge in [0.2, 0.25) is 0 Å². The van der Waals surface area contributed by atoms with Gasteiger partial charge in [0.15, 0.2) is 0 Å². The van der Waals surface area contributed by atoms with Crippen LogP contribution in [0.25, 0.3) is 0 Å². The van der Waals surface area contributed by atoms with E-state index in [2.05, 4.69) is 17.0 Å². The van der Waals surface area contributed by atoms with E-state index in [-0.39, 0.29) is 16.8 Å². The number of ether oxygens (including phenoxy) is 1. The number of benzene rings is 2. The van der Waals surface area contributed by atoms with Crippen LogP contribution in [0.5, 0.6) is 5.75 Å². The zero-order valence-corrected chi connectivity index (χ0v) is 17.0. The summed E-state index contributed by atoms with van der Waals surface area (Å²) in [6, 6.07) is 13.0. The molecule has 2 aromatic carbocycles. The molecule has 0 spiro atoms. The quantitative estimate of drug-likeness (QED) is 0.770. The second kappa shape index (κ2) is 8.65. The van der Waals surface area contributed by atoms with E-state index < -0.39 is 10.0 Å². The normalized spacial score (nSPS) is 19.6. The van der Waals surface area contributed by atoms with Gasteiger partial charge >= 0.3 is 0 Å². The van der Waals surface area contributed by atoms with Gasteiger partial charge in [0.25, 0.3) is 15.9 Å². The van der Waals surface area contributed by atoms with Gasteiger partial charge in [-0.1, -0.05) is 38.0 Å². The van der Waals surface area contributed by atoms with Gasteiger partial charge in [0, 0.05) is 11.6 Å². The van der Waals surface area contributed by atoms with Crippen LogP contribution in [0.15, 0.2) is 53.4 Å². The molecule has 2 atom stereocenters. The molecular formula is C21H26N2O4S. The molecule has 0 bridgehead atoms. The summed E-state index contributed by atoms with van der Waals surface area (Å²) >= 11 is 0. The molecule has 0 aliphatic heterocycles. The van der Waals surface area contributed by atoms with Crippen LogP contribution in [0.3, 0.4) is 0 Å². The third-order valence-electron chi connectivity index (χ3n) is 5.19. The molecule has 150 valence electrons. The molecule has 6 nitrogen and oxygen atoms in total. The van der Waals surface area contributed by atoms with E-state index in [4.69, 9.17) is 4.74 Å². The Hall–Kier alpha value is -2.54. The van der Waals surface area contributed by atoms with Crippen molar-refractivity contribution in [3.8, 4) is 5.75 Å². The van der Waals surface area contributed by atoms with Crippen molar-refractivity contribution in [3.05, 3.63) is 54.1 Å². The summed E-state index contributed by atoms with van der Waals surface area (Å²) in [6.45, 7) is 2.14. The second-order valence-electron chi connectivity index (χ2n) is 7.18. The van der Waals surface area contributed by atoms with Crippen LogP contribution in [-0.4, -0.2) is 27.5 Å². The van der Waals surface area contributed by atoms with E-state index in [0.29, 0.717) is 22.9 Å². The van der Waals surface area contributed by atoms with Crippen LogP contribution < -0.4 is 14.8 Å². The summed E-state index contributed by atoms with van der Waals surface area (Å²) in [6.07, 6.45) is 4.35. The third-order valence-corrected chi connectivity index (χ3v) is 6.55. The number of carbonyl (C=O) groups excluding carboxylic acids is 1. The molecule has 0 radical (unpaired) electrons. The molecule has 0 heterocycles. The number of nitrogens with one attached hydrogen (secondary N) is 2. The van der Waals surface area contributed by atoms with Crippen molar-refractivity contribution >= 4 is 21.6 Å². The maximum absolute atomic E-state index is 12.8. The summed E-state index contributed by atoms with van der Waals surface area (Å²) in [7, 11) is -2.38.